The smallest absolute Gasteiger partial charge is 0.332 e. The third kappa shape index (κ3) is 4.12. The summed E-state index contributed by atoms with van der Waals surface area (Å²) >= 11 is 7.15. The Morgan fingerprint density at radius 1 is 1.08 bits per heavy atom. The molecule has 0 bridgehead atoms. The first-order chi connectivity index (χ1) is 17.4. The molecule has 0 unspecified atom stereocenters. The number of ether oxygens (including phenoxy) is 1. The van der Waals surface area contributed by atoms with E-state index in [2.05, 4.69) is 22.3 Å². The van der Waals surface area contributed by atoms with Gasteiger partial charge in [-0.1, -0.05) is 30.2 Å². The molecule has 6 rings (SSSR count). The molecule has 10 heteroatoms. The molecule has 4 amide bonds. The van der Waals surface area contributed by atoms with Crippen LogP contribution in [0.3, 0.4) is 0 Å². The monoisotopic (exact) mass is 528 g/mol. The second-order valence-electron chi connectivity index (χ2n) is 10.1. The summed E-state index contributed by atoms with van der Waals surface area (Å²) in [6, 6.07) is 9.87. The zero-order valence-electron chi connectivity index (χ0n) is 20.0. The van der Waals surface area contributed by atoms with E-state index < -0.39 is 12.1 Å². The Balaban J connectivity index is 1.17. The lowest BCUT2D eigenvalue weighted by molar-refractivity contribution is -0.119. The van der Waals surface area contributed by atoms with E-state index in [4.69, 9.17) is 16.3 Å². The number of amides is 4. The molecule has 0 spiro atoms. The summed E-state index contributed by atoms with van der Waals surface area (Å²) in [5, 5.41) is 2.94. The van der Waals surface area contributed by atoms with E-state index in [1.165, 1.54) is 28.2 Å². The Morgan fingerprint density at radius 2 is 1.83 bits per heavy atom. The highest BCUT2D eigenvalue weighted by atomic mass is 35.5. The highest BCUT2D eigenvalue weighted by Gasteiger charge is 2.53. The fraction of sp³-hybridized carbons (Fsp3) is 0.500. The van der Waals surface area contributed by atoms with Crippen molar-refractivity contribution in [2.24, 2.45) is 0 Å². The summed E-state index contributed by atoms with van der Waals surface area (Å²) in [5.74, 6) is -0.556. The first-order valence-electron chi connectivity index (χ1n) is 12.6. The van der Waals surface area contributed by atoms with Crippen molar-refractivity contribution in [2.75, 3.05) is 44.3 Å². The average Bonchev–Trinajstić information content (AvgIpc) is 3.54. The molecule has 1 aliphatic carbocycles. The van der Waals surface area contributed by atoms with Gasteiger partial charge in [-0.2, -0.15) is 0 Å². The molecule has 3 saturated heterocycles. The van der Waals surface area contributed by atoms with Gasteiger partial charge in [0.05, 0.1) is 34.2 Å². The number of nitrogens with zero attached hydrogens (tertiary/aromatic N) is 3. The molecule has 1 saturated carbocycles. The fourth-order valence-electron chi connectivity index (χ4n) is 6.02. The van der Waals surface area contributed by atoms with Crippen molar-refractivity contribution in [1.82, 2.24) is 15.1 Å². The van der Waals surface area contributed by atoms with Crippen LogP contribution in [0.15, 0.2) is 36.4 Å². The summed E-state index contributed by atoms with van der Waals surface area (Å²) in [6.45, 7) is 4.95. The van der Waals surface area contributed by atoms with Crippen molar-refractivity contribution >= 4 is 46.5 Å². The van der Waals surface area contributed by atoms with Crippen LogP contribution in [-0.4, -0.2) is 79.1 Å². The van der Waals surface area contributed by atoms with E-state index in [0.29, 0.717) is 27.9 Å². The summed E-state index contributed by atoms with van der Waals surface area (Å²) in [7, 11) is 0. The Hall–Kier alpha value is -2.46. The predicted octanol–water partition coefficient (Wildman–Crippen LogP) is 3.49. The van der Waals surface area contributed by atoms with Gasteiger partial charge in [0.2, 0.25) is 0 Å². The number of hydrogen-bond donors (Lipinski definition) is 1. The summed E-state index contributed by atoms with van der Waals surface area (Å²) in [4.78, 5) is 45.1. The van der Waals surface area contributed by atoms with Gasteiger partial charge in [-0.05, 0) is 49.1 Å². The zero-order chi connectivity index (χ0) is 24.9. The standard InChI is InChI=1S/C26H29ClN4O4S/c27-21-7-6-20(36-21)23(32)28-19-8-11-30-22(19)24(33)31(25(30)34)18-4-2-17(3-5-18)26(9-1-10-26)16-29-12-14-35-15-13-29/h2-7,19,22H,1,8-16H2,(H,28,32)/t19-,22+/m1/s1. The lowest BCUT2D eigenvalue weighted by Crippen LogP contribution is -2.49. The van der Waals surface area contributed by atoms with Crippen molar-refractivity contribution in [3.63, 3.8) is 0 Å². The van der Waals surface area contributed by atoms with Crippen LogP contribution in [0.4, 0.5) is 10.5 Å². The SMILES string of the molecule is O=C(N[C@@H]1CCN2C(=O)N(c3ccc(C4(CN5CCOCC5)CCC4)cc3)C(=O)[C@H]12)c1ccc(Cl)s1. The van der Waals surface area contributed by atoms with Gasteiger partial charge in [0.25, 0.3) is 11.8 Å². The van der Waals surface area contributed by atoms with Crippen molar-refractivity contribution in [2.45, 2.75) is 43.2 Å². The summed E-state index contributed by atoms with van der Waals surface area (Å²) < 4.78 is 6.04. The molecule has 4 heterocycles. The second-order valence-corrected chi connectivity index (χ2v) is 11.9. The Bertz CT molecular complexity index is 1170. The van der Waals surface area contributed by atoms with Crippen LogP contribution in [0.5, 0.6) is 0 Å². The van der Waals surface area contributed by atoms with Crippen molar-refractivity contribution in [3.05, 3.63) is 51.2 Å². The van der Waals surface area contributed by atoms with E-state index >= 15 is 0 Å². The van der Waals surface area contributed by atoms with E-state index in [1.807, 2.05) is 12.1 Å². The van der Waals surface area contributed by atoms with Crippen LogP contribution in [0.25, 0.3) is 0 Å². The van der Waals surface area contributed by atoms with Crippen LogP contribution in [0.2, 0.25) is 4.34 Å². The molecule has 2 aromatic rings. The number of hydrogen-bond acceptors (Lipinski definition) is 6. The van der Waals surface area contributed by atoms with Crippen LogP contribution >= 0.6 is 22.9 Å². The molecule has 190 valence electrons. The van der Waals surface area contributed by atoms with Gasteiger partial charge in [-0.15, -0.1) is 11.3 Å². The first-order valence-corrected chi connectivity index (χ1v) is 13.8. The van der Waals surface area contributed by atoms with Gasteiger partial charge < -0.3 is 15.0 Å². The second kappa shape index (κ2) is 9.45. The van der Waals surface area contributed by atoms with Crippen LogP contribution in [-0.2, 0) is 14.9 Å². The molecular weight excluding hydrogens is 500 g/mol. The van der Waals surface area contributed by atoms with E-state index in [-0.39, 0.29) is 23.3 Å². The molecular formula is C26H29ClN4O4S. The van der Waals surface area contributed by atoms with Gasteiger partial charge >= 0.3 is 6.03 Å². The molecule has 1 aromatic heterocycles. The van der Waals surface area contributed by atoms with E-state index in [0.717, 1.165) is 45.7 Å². The maximum atomic E-state index is 13.4. The molecule has 2 atom stereocenters. The molecule has 3 aliphatic heterocycles. The number of rotatable bonds is 6. The largest absolute Gasteiger partial charge is 0.379 e. The highest BCUT2D eigenvalue weighted by Crippen LogP contribution is 2.45. The van der Waals surface area contributed by atoms with Crippen molar-refractivity contribution in [3.8, 4) is 0 Å². The van der Waals surface area contributed by atoms with Crippen LogP contribution < -0.4 is 10.2 Å². The van der Waals surface area contributed by atoms with Gasteiger partial charge in [0, 0.05) is 31.6 Å². The minimum atomic E-state index is -0.684. The Kier molecular flexibility index (Phi) is 6.27. The highest BCUT2D eigenvalue weighted by molar-refractivity contribution is 7.18. The molecule has 1 N–H and O–H groups in total. The lowest BCUT2D eigenvalue weighted by atomic mass is 9.64. The van der Waals surface area contributed by atoms with E-state index in [9.17, 15) is 14.4 Å². The maximum absolute atomic E-state index is 13.4. The topological polar surface area (TPSA) is 82.2 Å². The summed E-state index contributed by atoms with van der Waals surface area (Å²) in [6.07, 6.45) is 4.07. The number of carbonyl (C=O) groups is 3. The molecule has 4 aliphatic rings. The predicted molar refractivity (Wildman–Crippen MR) is 138 cm³/mol. The van der Waals surface area contributed by atoms with Gasteiger partial charge in [0.1, 0.15) is 6.04 Å². The van der Waals surface area contributed by atoms with Crippen LogP contribution in [0.1, 0.15) is 40.9 Å². The van der Waals surface area contributed by atoms with Crippen LogP contribution in [0, 0.1) is 0 Å². The normalized spacial score (nSPS) is 25.7. The number of imide groups is 1. The Morgan fingerprint density at radius 3 is 2.47 bits per heavy atom. The maximum Gasteiger partial charge on any atom is 0.332 e. The van der Waals surface area contributed by atoms with Gasteiger partial charge in [0.15, 0.2) is 0 Å². The molecule has 8 nitrogen and oxygen atoms in total. The number of halogens is 1. The van der Waals surface area contributed by atoms with E-state index in [1.54, 1.807) is 17.0 Å². The number of nitrogens with one attached hydrogen (secondary N) is 1. The number of carbonyl (C=O) groups excluding carboxylic acids is 3. The number of fused-ring (bicyclic) bond motifs is 1. The number of thiophene rings is 1. The fourth-order valence-corrected chi connectivity index (χ4v) is 6.97. The minimum Gasteiger partial charge on any atom is -0.379 e. The lowest BCUT2D eigenvalue weighted by Gasteiger charge is -2.46. The number of urea groups is 1. The molecule has 36 heavy (non-hydrogen) atoms. The number of anilines is 1. The first kappa shape index (κ1) is 23.9. The number of morpholine rings is 1. The van der Waals surface area contributed by atoms with Crippen molar-refractivity contribution in [1.29, 1.82) is 0 Å². The third-order valence-electron chi connectivity index (χ3n) is 8.10. The van der Waals surface area contributed by atoms with Gasteiger partial charge in [-0.25, -0.2) is 9.69 Å². The molecule has 4 fully saturated rings. The molecule has 1 aromatic carbocycles. The number of benzene rings is 1. The quantitative estimate of drug-likeness (QED) is 0.580. The average molecular weight is 529 g/mol. The minimum absolute atomic E-state index is 0.134. The Labute approximate surface area is 219 Å². The van der Waals surface area contributed by atoms with Gasteiger partial charge in [-0.3, -0.25) is 14.5 Å². The third-order valence-corrected chi connectivity index (χ3v) is 9.33. The van der Waals surface area contributed by atoms with Crippen molar-refractivity contribution < 1.29 is 19.1 Å². The molecule has 0 radical (unpaired) electrons. The summed E-state index contributed by atoms with van der Waals surface area (Å²) in [5.41, 5.74) is 1.98. The zero-order valence-corrected chi connectivity index (χ0v) is 21.5.